The van der Waals surface area contributed by atoms with E-state index in [4.69, 9.17) is 14.5 Å². The summed E-state index contributed by atoms with van der Waals surface area (Å²) in [6.07, 6.45) is 2.56. The monoisotopic (exact) mass is 396 g/mol. The Labute approximate surface area is 168 Å². The van der Waals surface area contributed by atoms with Crippen molar-refractivity contribution >= 4 is 17.3 Å². The number of piperidine rings is 1. The van der Waals surface area contributed by atoms with Gasteiger partial charge in [-0.3, -0.25) is 9.89 Å². The predicted octanol–water partition coefficient (Wildman–Crippen LogP) is 2.74. The fraction of sp³-hybridized carbons (Fsp3) is 0.750. The van der Waals surface area contributed by atoms with Crippen molar-refractivity contribution in [3.63, 3.8) is 0 Å². The molecule has 1 unspecified atom stereocenters. The van der Waals surface area contributed by atoms with E-state index in [2.05, 4.69) is 46.9 Å². The minimum absolute atomic E-state index is 0.367. The largest absolute Gasteiger partial charge is 0.382 e. The number of nitrogens with zero attached hydrogens (tertiary/aromatic N) is 2. The topological polar surface area (TPSA) is 58.1 Å². The number of thiophene rings is 1. The Morgan fingerprint density at radius 2 is 2.11 bits per heavy atom. The standard InChI is InChI=1S/C20H36N4O2S/c1-4-21-20(22-9-12-26-14-13-25-3)23-16-18(19-6-5-15-27-19)24-10-7-17(2)8-11-24/h5-6,15,17-18H,4,7-14,16H2,1-3H3,(H2,21,22,23). The smallest absolute Gasteiger partial charge is 0.191 e. The van der Waals surface area contributed by atoms with E-state index < -0.39 is 0 Å². The van der Waals surface area contributed by atoms with Crippen molar-refractivity contribution in [2.45, 2.75) is 32.7 Å². The average Bonchev–Trinajstić information content (AvgIpc) is 3.20. The first-order chi connectivity index (χ1) is 13.2. The highest BCUT2D eigenvalue weighted by Crippen LogP contribution is 2.29. The lowest BCUT2D eigenvalue weighted by Gasteiger charge is -2.35. The highest BCUT2D eigenvalue weighted by Gasteiger charge is 2.25. The molecular formula is C20H36N4O2S. The van der Waals surface area contributed by atoms with Gasteiger partial charge in [-0.15, -0.1) is 11.3 Å². The van der Waals surface area contributed by atoms with Crippen LogP contribution in [0.2, 0.25) is 0 Å². The molecule has 1 aliphatic heterocycles. The molecule has 154 valence electrons. The van der Waals surface area contributed by atoms with Crippen molar-refractivity contribution in [2.75, 3.05) is 59.7 Å². The first-order valence-corrected chi connectivity index (χ1v) is 11.0. The van der Waals surface area contributed by atoms with Gasteiger partial charge in [-0.2, -0.15) is 0 Å². The van der Waals surface area contributed by atoms with E-state index in [1.54, 1.807) is 7.11 Å². The number of aliphatic imine (C=N–C) groups is 1. The molecule has 6 nitrogen and oxygen atoms in total. The zero-order valence-corrected chi connectivity index (χ0v) is 17.9. The molecule has 1 aromatic rings. The van der Waals surface area contributed by atoms with Gasteiger partial charge < -0.3 is 20.1 Å². The van der Waals surface area contributed by atoms with E-state index in [0.717, 1.165) is 44.6 Å². The Kier molecular flexibility index (Phi) is 10.7. The molecule has 0 aromatic carbocycles. The lowest BCUT2D eigenvalue weighted by Crippen LogP contribution is -2.41. The second-order valence-corrected chi connectivity index (χ2v) is 7.98. The Hall–Kier alpha value is -1.15. The molecule has 0 bridgehead atoms. The van der Waals surface area contributed by atoms with E-state index in [-0.39, 0.29) is 0 Å². The van der Waals surface area contributed by atoms with Crippen LogP contribution in [0, 0.1) is 5.92 Å². The van der Waals surface area contributed by atoms with E-state index in [1.165, 1.54) is 17.7 Å². The minimum atomic E-state index is 0.367. The Morgan fingerprint density at radius 3 is 2.78 bits per heavy atom. The Morgan fingerprint density at radius 1 is 1.30 bits per heavy atom. The summed E-state index contributed by atoms with van der Waals surface area (Å²) in [6, 6.07) is 4.75. The van der Waals surface area contributed by atoms with Crippen LogP contribution in [0.1, 0.15) is 37.6 Å². The van der Waals surface area contributed by atoms with Gasteiger partial charge in [0.2, 0.25) is 0 Å². The third-order valence-electron chi connectivity index (χ3n) is 4.87. The Balaban J connectivity index is 1.90. The van der Waals surface area contributed by atoms with Crippen molar-refractivity contribution in [1.82, 2.24) is 15.5 Å². The minimum Gasteiger partial charge on any atom is -0.382 e. The van der Waals surface area contributed by atoms with E-state index in [9.17, 15) is 0 Å². The number of hydrogen-bond acceptors (Lipinski definition) is 5. The second kappa shape index (κ2) is 13.1. The van der Waals surface area contributed by atoms with E-state index in [0.29, 0.717) is 25.9 Å². The van der Waals surface area contributed by atoms with Crippen molar-refractivity contribution in [1.29, 1.82) is 0 Å². The normalized spacial score (nSPS) is 17.8. The fourth-order valence-electron chi connectivity index (χ4n) is 3.21. The van der Waals surface area contributed by atoms with Crippen molar-refractivity contribution in [3.05, 3.63) is 22.4 Å². The molecule has 7 heteroatoms. The number of methoxy groups -OCH3 is 1. The molecule has 0 saturated carbocycles. The molecule has 2 heterocycles. The fourth-order valence-corrected chi connectivity index (χ4v) is 4.06. The summed E-state index contributed by atoms with van der Waals surface area (Å²) in [7, 11) is 1.69. The van der Waals surface area contributed by atoms with Crippen LogP contribution in [0.3, 0.4) is 0 Å². The third kappa shape index (κ3) is 8.17. The van der Waals surface area contributed by atoms with Crippen LogP contribution < -0.4 is 10.6 Å². The van der Waals surface area contributed by atoms with Crippen molar-refractivity contribution < 1.29 is 9.47 Å². The lowest BCUT2D eigenvalue weighted by atomic mass is 9.97. The highest BCUT2D eigenvalue weighted by molar-refractivity contribution is 7.10. The number of likely N-dealkylation sites (tertiary alicyclic amines) is 1. The first-order valence-electron chi connectivity index (χ1n) is 10.1. The first kappa shape index (κ1) is 22.1. The molecule has 0 radical (unpaired) electrons. The number of ether oxygens (including phenoxy) is 2. The lowest BCUT2D eigenvalue weighted by molar-refractivity contribution is 0.0733. The number of guanidine groups is 1. The third-order valence-corrected chi connectivity index (χ3v) is 5.84. The van der Waals surface area contributed by atoms with Crippen LogP contribution in [0.25, 0.3) is 0 Å². The van der Waals surface area contributed by atoms with Crippen LogP contribution in [-0.2, 0) is 9.47 Å². The van der Waals surface area contributed by atoms with Gasteiger partial charge in [0.15, 0.2) is 5.96 Å². The van der Waals surface area contributed by atoms with Gasteiger partial charge in [-0.1, -0.05) is 13.0 Å². The molecule has 1 fully saturated rings. The van der Waals surface area contributed by atoms with Crippen LogP contribution in [0.5, 0.6) is 0 Å². The molecule has 1 atom stereocenters. The summed E-state index contributed by atoms with van der Waals surface area (Å²) >= 11 is 1.84. The molecule has 0 aliphatic carbocycles. The predicted molar refractivity (Wildman–Crippen MR) is 114 cm³/mol. The van der Waals surface area contributed by atoms with E-state index >= 15 is 0 Å². The summed E-state index contributed by atoms with van der Waals surface area (Å²) < 4.78 is 10.5. The van der Waals surface area contributed by atoms with Crippen LogP contribution >= 0.6 is 11.3 Å². The highest BCUT2D eigenvalue weighted by atomic mass is 32.1. The van der Waals surface area contributed by atoms with Gasteiger partial charge in [0, 0.05) is 25.1 Å². The van der Waals surface area contributed by atoms with Crippen LogP contribution in [0.15, 0.2) is 22.5 Å². The molecule has 2 N–H and O–H groups in total. The maximum Gasteiger partial charge on any atom is 0.191 e. The molecule has 0 amide bonds. The molecular weight excluding hydrogens is 360 g/mol. The molecule has 1 aromatic heterocycles. The molecule has 0 spiro atoms. The van der Waals surface area contributed by atoms with Crippen molar-refractivity contribution in [3.8, 4) is 0 Å². The molecule has 27 heavy (non-hydrogen) atoms. The van der Waals surface area contributed by atoms with Crippen LogP contribution in [-0.4, -0.2) is 70.5 Å². The van der Waals surface area contributed by atoms with Gasteiger partial charge in [0.05, 0.1) is 32.4 Å². The Bertz CT molecular complexity index is 516. The maximum atomic E-state index is 5.52. The summed E-state index contributed by atoms with van der Waals surface area (Å²) in [5, 5.41) is 8.87. The SMILES string of the molecule is CCNC(=NCC(c1cccs1)N1CCC(C)CC1)NCCOCCOC. The number of hydrogen-bond donors (Lipinski definition) is 2. The average molecular weight is 397 g/mol. The number of rotatable bonds is 11. The van der Waals surface area contributed by atoms with Gasteiger partial charge >= 0.3 is 0 Å². The van der Waals surface area contributed by atoms with Gasteiger partial charge in [-0.05, 0) is 50.2 Å². The zero-order chi connectivity index (χ0) is 19.3. The zero-order valence-electron chi connectivity index (χ0n) is 17.1. The molecule has 1 aliphatic rings. The molecule has 2 rings (SSSR count). The molecule has 1 saturated heterocycles. The van der Waals surface area contributed by atoms with E-state index in [1.807, 2.05) is 11.3 Å². The summed E-state index contributed by atoms with van der Waals surface area (Å²) in [5.74, 6) is 1.70. The van der Waals surface area contributed by atoms with Crippen LogP contribution in [0.4, 0.5) is 0 Å². The van der Waals surface area contributed by atoms with Gasteiger partial charge in [0.1, 0.15) is 0 Å². The van der Waals surface area contributed by atoms with Crippen molar-refractivity contribution in [2.24, 2.45) is 10.9 Å². The van der Waals surface area contributed by atoms with Gasteiger partial charge in [-0.25, -0.2) is 0 Å². The quantitative estimate of drug-likeness (QED) is 0.342. The van der Waals surface area contributed by atoms with Gasteiger partial charge in [0.25, 0.3) is 0 Å². The summed E-state index contributed by atoms with van der Waals surface area (Å²) in [4.78, 5) is 8.89. The second-order valence-electron chi connectivity index (χ2n) is 7.00. The maximum absolute atomic E-state index is 5.52. The number of nitrogens with one attached hydrogen (secondary N) is 2. The summed E-state index contributed by atoms with van der Waals surface area (Å²) in [6.45, 7) is 11.0. The summed E-state index contributed by atoms with van der Waals surface area (Å²) in [5.41, 5.74) is 0.